The van der Waals surface area contributed by atoms with Crippen LogP contribution in [-0.4, -0.2) is 11.8 Å². The average molecular weight is 317 g/mol. The summed E-state index contributed by atoms with van der Waals surface area (Å²) in [6.07, 6.45) is 0.767. The average Bonchev–Trinajstić information content (AvgIpc) is 2.21. The van der Waals surface area contributed by atoms with Crippen molar-refractivity contribution in [3.63, 3.8) is 0 Å². The molecule has 17 heavy (non-hydrogen) atoms. The van der Waals surface area contributed by atoms with E-state index in [1.165, 1.54) is 4.90 Å². The van der Waals surface area contributed by atoms with Crippen LogP contribution < -0.4 is 4.90 Å². The zero-order valence-corrected chi connectivity index (χ0v) is 11.6. The van der Waals surface area contributed by atoms with Crippen LogP contribution >= 0.6 is 27.5 Å². The second kappa shape index (κ2) is 4.78. The van der Waals surface area contributed by atoms with Gasteiger partial charge in [-0.1, -0.05) is 34.5 Å². The highest BCUT2D eigenvalue weighted by Gasteiger charge is 2.32. The number of nitrogens with zero attached hydrogens (tertiary/aromatic N) is 1. The number of carbonyl (C=O) groups excluding carboxylic acids is 2. The number of hydrogen-bond acceptors (Lipinski definition) is 2. The molecule has 90 valence electrons. The molecule has 3 nitrogen and oxygen atoms in total. The number of piperidine rings is 1. The van der Waals surface area contributed by atoms with E-state index in [1.54, 1.807) is 18.2 Å². The van der Waals surface area contributed by atoms with E-state index in [1.807, 2.05) is 6.92 Å². The Morgan fingerprint density at radius 2 is 1.88 bits per heavy atom. The molecule has 1 aromatic carbocycles. The summed E-state index contributed by atoms with van der Waals surface area (Å²) >= 11 is 9.34. The molecule has 1 fully saturated rings. The maximum atomic E-state index is 11.9. The molecule has 1 aliphatic heterocycles. The smallest absolute Gasteiger partial charge is 0.234 e. The van der Waals surface area contributed by atoms with E-state index in [0.717, 1.165) is 4.47 Å². The highest BCUT2D eigenvalue weighted by atomic mass is 79.9. The Kier molecular flexibility index (Phi) is 3.54. The third kappa shape index (κ3) is 2.53. The molecule has 0 N–H and O–H groups in total. The fraction of sp³-hybridized carbons (Fsp3) is 0.333. The van der Waals surface area contributed by atoms with Crippen LogP contribution in [0.1, 0.15) is 19.8 Å². The number of hydrogen-bond donors (Lipinski definition) is 0. The van der Waals surface area contributed by atoms with Gasteiger partial charge in [0.2, 0.25) is 11.8 Å². The van der Waals surface area contributed by atoms with Gasteiger partial charge in [0.25, 0.3) is 0 Å². The summed E-state index contributed by atoms with van der Waals surface area (Å²) in [4.78, 5) is 25.0. The van der Waals surface area contributed by atoms with Gasteiger partial charge < -0.3 is 0 Å². The van der Waals surface area contributed by atoms with Gasteiger partial charge in [-0.25, -0.2) is 4.90 Å². The second-order valence-corrected chi connectivity index (χ2v) is 5.55. The van der Waals surface area contributed by atoms with Crippen LogP contribution in [0.4, 0.5) is 5.69 Å². The SMILES string of the molecule is CC1CC(=O)N(c2cc(Br)ccc2Cl)C(=O)C1. The molecule has 0 radical (unpaired) electrons. The molecule has 1 aliphatic rings. The van der Waals surface area contributed by atoms with Gasteiger partial charge in [-0.15, -0.1) is 0 Å². The van der Waals surface area contributed by atoms with Crippen molar-refractivity contribution in [1.29, 1.82) is 0 Å². The quantitative estimate of drug-likeness (QED) is 0.745. The zero-order valence-electron chi connectivity index (χ0n) is 9.24. The van der Waals surface area contributed by atoms with E-state index >= 15 is 0 Å². The highest BCUT2D eigenvalue weighted by Crippen LogP contribution is 2.33. The maximum Gasteiger partial charge on any atom is 0.234 e. The van der Waals surface area contributed by atoms with Crippen molar-refractivity contribution in [2.75, 3.05) is 4.90 Å². The summed E-state index contributed by atoms with van der Waals surface area (Å²) < 4.78 is 0.788. The van der Waals surface area contributed by atoms with Gasteiger partial charge in [0, 0.05) is 17.3 Å². The Morgan fingerprint density at radius 3 is 2.47 bits per heavy atom. The molecule has 0 bridgehead atoms. The molecule has 2 amide bonds. The van der Waals surface area contributed by atoms with Crippen LogP contribution in [0.5, 0.6) is 0 Å². The number of anilines is 1. The molecule has 0 saturated carbocycles. The van der Waals surface area contributed by atoms with E-state index in [2.05, 4.69) is 15.9 Å². The number of amides is 2. The Bertz CT molecular complexity index is 471. The van der Waals surface area contributed by atoms with Crippen molar-refractivity contribution in [2.45, 2.75) is 19.8 Å². The van der Waals surface area contributed by atoms with Gasteiger partial charge in [-0.3, -0.25) is 9.59 Å². The summed E-state index contributed by atoms with van der Waals surface area (Å²) in [5.41, 5.74) is 0.461. The Balaban J connectivity index is 2.41. The lowest BCUT2D eigenvalue weighted by atomic mass is 9.97. The molecule has 1 aromatic rings. The van der Waals surface area contributed by atoms with Crippen molar-refractivity contribution in [2.24, 2.45) is 5.92 Å². The van der Waals surface area contributed by atoms with Crippen molar-refractivity contribution in [3.05, 3.63) is 27.7 Å². The minimum Gasteiger partial charge on any atom is -0.274 e. The van der Waals surface area contributed by atoms with Crippen LogP contribution in [0.15, 0.2) is 22.7 Å². The molecule has 1 heterocycles. The van der Waals surface area contributed by atoms with Crippen molar-refractivity contribution < 1.29 is 9.59 Å². The Labute approximate surface area is 113 Å². The summed E-state index contributed by atoms with van der Waals surface area (Å²) in [5, 5.41) is 0.407. The molecule has 2 rings (SSSR count). The van der Waals surface area contributed by atoms with E-state index in [-0.39, 0.29) is 17.7 Å². The summed E-state index contributed by atoms with van der Waals surface area (Å²) in [6, 6.07) is 5.13. The van der Waals surface area contributed by atoms with Crippen LogP contribution in [0.3, 0.4) is 0 Å². The first-order valence-corrected chi connectivity index (χ1v) is 6.47. The molecular weight excluding hydrogens is 305 g/mol. The third-order valence-electron chi connectivity index (χ3n) is 2.69. The van der Waals surface area contributed by atoms with Crippen LogP contribution in [-0.2, 0) is 9.59 Å². The van der Waals surface area contributed by atoms with Crippen molar-refractivity contribution in [1.82, 2.24) is 0 Å². The van der Waals surface area contributed by atoms with Crippen LogP contribution in [0.2, 0.25) is 5.02 Å². The monoisotopic (exact) mass is 315 g/mol. The van der Waals surface area contributed by atoms with E-state index < -0.39 is 0 Å². The van der Waals surface area contributed by atoms with Crippen molar-refractivity contribution in [3.8, 4) is 0 Å². The summed E-state index contributed by atoms with van der Waals surface area (Å²) in [7, 11) is 0. The fourth-order valence-corrected chi connectivity index (χ4v) is 2.47. The molecular formula is C12H11BrClNO2. The fourth-order valence-electron chi connectivity index (χ4n) is 1.92. The lowest BCUT2D eigenvalue weighted by molar-refractivity contribution is -0.130. The maximum absolute atomic E-state index is 11.9. The lowest BCUT2D eigenvalue weighted by Gasteiger charge is -2.28. The molecule has 5 heteroatoms. The first-order chi connectivity index (χ1) is 7.99. The second-order valence-electron chi connectivity index (χ2n) is 4.23. The van der Waals surface area contributed by atoms with Crippen LogP contribution in [0.25, 0.3) is 0 Å². The largest absolute Gasteiger partial charge is 0.274 e. The Morgan fingerprint density at radius 1 is 1.29 bits per heavy atom. The number of imide groups is 1. The highest BCUT2D eigenvalue weighted by molar-refractivity contribution is 9.10. The molecule has 0 atom stereocenters. The lowest BCUT2D eigenvalue weighted by Crippen LogP contribution is -2.43. The first-order valence-electron chi connectivity index (χ1n) is 5.30. The van der Waals surface area contributed by atoms with Gasteiger partial charge in [0.05, 0.1) is 10.7 Å². The van der Waals surface area contributed by atoms with Crippen LogP contribution in [0, 0.1) is 5.92 Å². The van der Waals surface area contributed by atoms with E-state index in [0.29, 0.717) is 23.6 Å². The minimum absolute atomic E-state index is 0.108. The van der Waals surface area contributed by atoms with E-state index in [4.69, 9.17) is 11.6 Å². The van der Waals surface area contributed by atoms with Gasteiger partial charge in [-0.2, -0.15) is 0 Å². The summed E-state index contributed by atoms with van der Waals surface area (Å²) in [5.74, 6) is -0.264. The zero-order chi connectivity index (χ0) is 12.6. The number of benzene rings is 1. The Hall–Kier alpha value is -0.870. The topological polar surface area (TPSA) is 37.4 Å². The number of carbonyl (C=O) groups is 2. The molecule has 1 saturated heterocycles. The van der Waals surface area contributed by atoms with Gasteiger partial charge in [0.15, 0.2) is 0 Å². The third-order valence-corrected chi connectivity index (χ3v) is 3.51. The van der Waals surface area contributed by atoms with Gasteiger partial charge >= 0.3 is 0 Å². The normalized spacial score (nSPS) is 17.7. The standard InChI is InChI=1S/C12H11BrClNO2/c1-7-4-11(16)15(12(17)5-7)10-6-8(13)2-3-9(10)14/h2-3,6-7H,4-5H2,1H3. The minimum atomic E-state index is -0.186. The first kappa shape index (κ1) is 12.6. The van der Waals surface area contributed by atoms with Gasteiger partial charge in [0.1, 0.15) is 0 Å². The predicted octanol–water partition coefficient (Wildman–Crippen LogP) is 3.39. The molecule has 0 aromatic heterocycles. The summed E-state index contributed by atoms with van der Waals surface area (Å²) in [6.45, 7) is 1.90. The van der Waals surface area contributed by atoms with E-state index in [9.17, 15) is 9.59 Å². The number of rotatable bonds is 1. The molecule has 0 spiro atoms. The molecule has 0 unspecified atom stereocenters. The van der Waals surface area contributed by atoms with Gasteiger partial charge in [-0.05, 0) is 24.1 Å². The molecule has 0 aliphatic carbocycles. The number of halogens is 2. The predicted molar refractivity (Wildman–Crippen MR) is 70.0 cm³/mol. The van der Waals surface area contributed by atoms with Crippen molar-refractivity contribution >= 4 is 45.0 Å².